The van der Waals surface area contributed by atoms with Crippen LogP contribution in [0.4, 0.5) is 0 Å². The normalized spacial score (nSPS) is 18.8. The van der Waals surface area contributed by atoms with Gasteiger partial charge >= 0.3 is 0 Å². The van der Waals surface area contributed by atoms with Gasteiger partial charge in [0, 0.05) is 0 Å². The van der Waals surface area contributed by atoms with Gasteiger partial charge in [0.25, 0.3) is 0 Å². The summed E-state index contributed by atoms with van der Waals surface area (Å²) in [6.45, 7) is 7.45. The molecule has 0 radical (unpaired) electrons. The van der Waals surface area contributed by atoms with Gasteiger partial charge < -0.3 is 0 Å². The molecule has 0 amide bonds. The standard InChI is InChI=1S/C12H21N3O3/c1-10(16)4-13-7-14(5-11(2)17)9-15(8-13)6-12(3)18/h4-9H2,1-3H3. The molecule has 0 bridgehead atoms. The Morgan fingerprint density at radius 2 is 0.889 bits per heavy atom. The van der Waals surface area contributed by atoms with Crippen LogP contribution in [0.2, 0.25) is 0 Å². The van der Waals surface area contributed by atoms with Gasteiger partial charge in [0.05, 0.1) is 39.6 Å². The lowest BCUT2D eigenvalue weighted by molar-refractivity contribution is -0.127. The SMILES string of the molecule is CC(=O)CN1CN(CC(C)=O)CN(CC(C)=O)C1. The van der Waals surface area contributed by atoms with Crippen molar-refractivity contribution in [2.24, 2.45) is 0 Å². The molecule has 102 valence electrons. The highest BCUT2D eigenvalue weighted by molar-refractivity contribution is 5.78. The quantitative estimate of drug-likeness (QED) is 0.640. The van der Waals surface area contributed by atoms with Crippen molar-refractivity contribution in [2.45, 2.75) is 20.8 Å². The molecule has 0 aromatic rings. The molecule has 18 heavy (non-hydrogen) atoms. The number of nitrogens with zero attached hydrogens (tertiary/aromatic N) is 3. The highest BCUT2D eigenvalue weighted by Gasteiger charge is 2.25. The average molecular weight is 255 g/mol. The van der Waals surface area contributed by atoms with Crippen molar-refractivity contribution < 1.29 is 14.4 Å². The molecule has 0 atom stereocenters. The summed E-state index contributed by atoms with van der Waals surface area (Å²) in [7, 11) is 0. The highest BCUT2D eigenvalue weighted by Crippen LogP contribution is 2.07. The number of carbonyl (C=O) groups is 3. The first-order valence-electron chi connectivity index (χ1n) is 6.02. The van der Waals surface area contributed by atoms with Crippen molar-refractivity contribution in [3.8, 4) is 0 Å². The van der Waals surface area contributed by atoms with Crippen LogP contribution in [-0.4, -0.2) is 71.7 Å². The minimum atomic E-state index is 0.0856. The summed E-state index contributed by atoms with van der Waals surface area (Å²) >= 11 is 0. The van der Waals surface area contributed by atoms with Crippen LogP contribution in [0.25, 0.3) is 0 Å². The first kappa shape index (κ1) is 14.9. The van der Waals surface area contributed by atoms with E-state index < -0.39 is 0 Å². The Morgan fingerprint density at radius 3 is 1.06 bits per heavy atom. The lowest BCUT2D eigenvalue weighted by Crippen LogP contribution is -2.57. The maximum absolute atomic E-state index is 11.2. The van der Waals surface area contributed by atoms with E-state index in [4.69, 9.17) is 0 Å². The van der Waals surface area contributed by atoms with Crippen LogP contribution in [0.3, 0.4) is 0 Å². The summed E-state index contributed by atoms with van der Waals surface area (Å²) < 4.78 is 0. The molecule has 0 N–H and O–H groups in total. The van der Waals surface area contributed by atoms with E-state index >= 15 is 0 Å². The average Bonchev–Trinajstić information content (AvgIpc) is 2.12. The molecule has 0 aliphatic carbocycles. The molecule has 0 spiro atoms. The van der Waals surface area contributed by atoms with Gasteiger partial charge in [-0.1, -0.05) is 0 Å². The monoisotopic (exact) mass is 255 g/mol. The third-order valence-corrected chi connectivity index (χ3v) is 2.54. The molecular formula is C12H21N3O3. The summed E-state index contributed by atoms with van der Waals surface area (Å²) in [6.07, 6.45) is 0. The lowest BCUT2D eigenvalue weighted by Gasteiger charge is -2.41. The Bertz CT molecular complexity index is 285. The predicted octanol–water partition coefficient (Wildman–Crippen LogP) is -0.454. The van der Waals surface area contributed by atoms with Crippen LogP contribution in [0.1, 0.15) is 20.8 Å². The topological polar surface area (TPSA) is 60.9 Å². The van der Waals surface area contributed by atoms with Crippen LogP contribution >= 0.6 is 0 Å². The van der Waals surface area contributed by atoms with Crippen molar-refractivity contribution in [3.05, 3.63) is 0 Å². The molecule has 0 unspecified atom stereocenters. The Balaban J connectivity index is 2.62. The summed E-state index contributed by atoms with van der Waals surface area (Å²) in [5, 5.41) is 0. The van der Waals surface area contributed by atoms with Gasteiger partial charge in [0.15, 0.2) is 0 Å². The zero-order valence-corrected chi connectivity index (χ0v) is 11.3. The molecule has 0 aromatic carbocycles. The number of hydrogen-bond donors (Lipinski definition) is 0. The zero-order chi connectivity index (χ0) is 13.7. The Morgan fingerprint density at radius 1 is 0.667 bits per heavy atom. The molecule has 1 fully saturated rings. The fourth-order valence-corrected chi connectivity index (χ4v) is 2.23. The number of rotatable bonds is 6. The first-order valence-corrected chi connectivity index (χ1v) is 6.02. The number of ketones is 3. The second kappa shape index (κ2) is 6.72. The predicted molar refractivity (Wildman–Crippen MR) is 66.8 cm³/mol. The third kappa shape index (κ3) is 5.48. The van der Waals surface area contributed by atoms with Gasteiger partial charge in [-0.2, -0.15) is 0 Å². The molecule has 6 nitrogen and oxygen atoms in total. The van der Waals surface area contributed by atoms with Crippen LogP contribution in [0.15, 0.2) is 0 Å². The van der Waals surface area contributed by atoms with Gasteiger partial charge in [-0.15, -0.1) is 0 Å². The maximum Gasteiger partial charge on any atom is 0.143 e. The third-order valence-electron chi connectivity index (χ3n) is 2.54. The van der Waals surface area contributed by atoms with Crippen molar-refractivity contribution in [1.82, 2.24) is 14.7 Å². The molecule has 0 aromatic heterocycles. The Kier molecular flexibility index (Phi) is 5.58. The molecule has 0 saturated carbocycles. The van der Waals surface area contributed by atoms with Crippen LogP contribution < -0.4 is 0 Å². The van der Waals surface area contributed by atoms with Gasteiger partial charge in [0.2, 0.25) is 0 Å². The number of carbonyl (C=O) groups excluding carboxylic acids is 3. The van der Waals surface area contributed by atoms with E-state index in [1.807, 2.05) is 14.7 Å². The van der Waals surface area contributed by atoms with Gasteiger partial charge in [-0.3, -0.25) is 29.1 Å². The van der Waals surface area contributed by atoms with Crippen molar-refractivity contribution in [1.29, 1.82) is 0 Å². The zero-order valence-electron chi connectivity index (χ0n) is 11.3. The molecule has 6 heteroatoms. The summed E-state index contributed by atoms with van der Waals surface area (Å²) in [5.74, 6) is 0.257. The van der Waals surface area contributed by atoms with Crippen molar-refractivity contribution in [3.63, 3.8) is 0 Å². The minimum absolute atomic E-state index is 0.0856. The summed E-state index contributed by atoms with van der Waals surface area (Å²) in [6, 6.07) is 0. The lowest BCUT2D eigenvalue weighted by atomic mass is 10.3. The molecular weight excluding hydrogens is 234 g/mol. The second-order valence-electron chi connectivity index (χ2n) is 5.02. The van der Waals surface area contributed by atoms with Crippen LogP contribution in [0.5, 0.6) is 0 Å². The largest absolute Gasteiger partial charge is 0.299 e. The number of Topliss-reactive ketones (excluding diaryl/α,β-unsaturated/α-hetero) is 3. The maximum atomic E-state index is 11.2. The van der Waals surface area contributed by atoms with E-state index in [2.05, 4.69) is 0 Å². The molecule has 1 rings (SSSR count). The van der Waals surface area contributed by atoms with E-state index in [0.717, 1.165) is 0 Å². The molecule has 1 aliphatic heterocycles. The fraction of sp³-hybridized carbons (Fsp3) is 0.750. The molecule has 1 saturated heterocycles. The van der Waals surface area contributed by atoms with E-state index in [-0.39, 0.29) is 17.3 Å². The minimum Gasteiger partial charge on any atom is -0.299 e. The smallest absolute Gasteiger partial charge is 0.143 e. The van der Waals surface area contributed by atoms with Crippen molar-refractivity contribution >= 4 is 17.3 Å². The van der Waals surface area contributed by atoms with Gasteiger partial charge in [-0.25, -0.2) is 0 Å². The first-order chi connectivity index (χ1) is 8.36. The van der Waals surface area contributed by atoms with Crippen LogP contribution in [0, 0.1) is 0 Å². The van der Waals surface area contributed by atoms with Crippen molar-refractivity contribution in [2.75, 3.05) is 39.6 Å². The highest BCUT2D eigenvalue weighted by atomic mass is 16.1. The van der Waals surface area contributed by atoms with Gasteiger partial charge in [-0.05, 0) is 20.8 Å². The molecule has 1 heterocycles. The van der Waals surface area contributed by atoms with E-state index in [9.17, 15) is 14.4 Å². The van der Waals surface area contributed by atoms with E-state index in [1.54, 1.807) is 20.8 Å². The Labute approximate surface area is 108 Å². The summed E-state index contributed by atoms with van der Waals surface area (Å²) in [4.78, 5) is 39.3. The van der Waals surface area contributed by atoms with Crippen LogP contribution in [-0.2, 0) is 14.4 Å². The summed E-state index contributed by atoms with van der Waals surface area (Å²) in [5.41, 5.74) is 0. The van der Waals surface area contributed by atoms with E-state index in [0.29, 0.717) is 39.6 Å². The Hall–Kier alpha value is -1.11. The fourth-order valence-electron chi connectivity index (χ4n) is 2.23. The number of hydrogen-bond acceptors (Lipinski definition) is 6. The van der Waals surface area contributed by atoms with E-state index in [1.165, 1.54) is 0 Å². The van der Waals surface area contributed by atoms with Gasteiger partial charge in [0.1, 0.15) is 17.3 Å². The second-order valence-corrected chi connectivity index (χ2v) is 5.02. The molecule has 1 aliphatic rings.